The zero-order valence-electron chi connectivity index (χ0n) is 18.5. The monoisotopic (exact) mass is 426 g/mol. The number of allylic oxidation sites excluding steroid dienone is 2. The van der Waals surface area contributed by atoms with Crippen LogP contribution in [0.25, 0.3) is 11.0 Å². The molecule has 1 aromatic carbocycles. The van der Waals surface area contributed by atoms with Crippen LogP contribution in [0.15, 0.2) is 56.8 Å². The van der Waals surface area contributed by atoms with Crippen molar-refractivity contribution in [3.8, 4) is 5.75 Å². The first kappa shape index (κ1) is 22.3. The molecule has 0 bridgehead atoms. The molecule has 0 saturated carbocycles. The van der Waals surface area contributed by atoms with Crippen LogP contribution in [-0.4, -0.2) is 23.6 Å². The molecule has 2 heterocycles. The van der Waals surface area contributed by atoms with Gasteiger partial charge in [0.25, 0.3) is 0 Å². The fraction of sp³-hybridized carbons (Fsp3) is 0.375. The predicted molar refractivity (Wildman–Crippen MR) is 115 cm³/mol. The second-order valence-electron chi connectivity index (χ2n) is 7.95. The zero-order chi connectivity index (χ0) is 22.9. The largest absolute Gasteiger partial charge is 0.483 e. The quantitative estimate of drug-likeness (QED) is 0.407. The molecule has 3 rings (SSSR count). The molecule has 0 radical (unpaired) electrons. The number of rotatable bonds is 4. The molecule has 7 nitrogen and oxygen atoms in total. The lowest BCUT2D eigenvalue weighted by molar-refractivity contribution is -0.185. The normalized spacial score (nSPS) is 20.6. The van der Waals surface area contributed by atoms with Gasteiger partial charge < -0.3 is 18.6 Å². The van der Waals surface area contributed by atoms with Crippen molar-refractivity contribution in [1.29, 1.82) is 0 Å². The lowest BCUT2D eigenvalue weighted by Gasteiger charge is -2.43. The molecule has 31 heavy (non-hydrogen) atoms. The van der Waals surface area contributed by atoms with Crippen molar-refractivity contribution in [2.75, 3.05) is 0 Å². The Balaban J connectivity index is 2.23. The first-order valence-electron chi connectivity index (χ1n) is 10.0. The Morgan fingerprint density at radius 1 is 0.968 bits per heavy atom. The van der Waals surface area contributed by atoms with Gasteiger partial charge in [-0.25, -0.2) is 14.4 Å². The summed E-state index contributed by atoms with van der Waals surface area (Å²) in [7, 11) is 0. The van der Waals surface area contributed by atoms with E-state index in [-0.39, 0.29) is 5.58 Å². The van der Waals surface area contributed by atoms with Gasteiger partial charge in [-0.2, -0.15) is 0 Å². The first-order chi connectivity index (χ1) is 14.6. The van der Waals surface area contributed by atoms with E-state index in [1.807, 2.05) is 0 Å². The van der Waals surface area contributed by atoms with Crippen LogP contribution in [0.5, 0.6) is 5.75 Å². The van der Waals surface area contributed by atoms with Gasteiger partial charge in [0.1, 0.15) is 16.9 Å². The highest BCUT2D eigenvalue weighted by Crippen LogP contribution is 2.46. The molecule has 0 amide bonds. The van der Waals surface area contributed by atoms with Gasteiger partial charge in [-0.3, -0.25) is 0 Å². The molecule has 1 aliphatic rings. The molecule has 1 aromatic heterocycles. The number of hydrogen-bond donors (Lipinski definition) is 0. The third-order valence-electron chi connectivity index (χ3n) is 5.38. The van der Waals surface area contributed by atoms with E-state index >= 15 is 0 Å². The third kappa shape index (κ3) is 4.26. The standard InChI is InChI=1S/C24H26O7/c1-7-13(3)22(26)29-20-18-16(11-9-15-10-12-17(25)28-19(15)18)31-24(5,6)21(20)30-23(27)14(4)8-2/h7-12,20-21H,1-6H3/b13-7+,14-8-/t20-,21+/m1/s1. The van der Waals surface area contributed by atoms with E-state index in [9.17, 15) is 14.4 Å². The Kier molecular flexibility index (Phi) is 6.06. The van der Waals surface area contributed by atoms with Gasteiger partial charge in [0.05, 0.1) is 5.56 Å². The van der Waals surface area contributed by atoms with E-state index in [0.717, 1.165) is 0 Å². The fourth-order valence-corrected chi connectivity index (χ4v) is 3.33. The molecule has 0 N–H and O–H groups in total. The number of esters is 2. The van der Waals surface area contributed by atoms with Crippen LogP contribution in [-0.2, 0) is 19.1 Å². The molecular weight excluding hydrogens is 400 g/mol. The van der Waals surface area contributed by atoms with Crippen molar-refractivity contribution in [3.05, 3.63) is 63.5 Å². The van der Waals surface area contributed by atoms with Crippen LogP contribution >= 0.6 is 0 Å². The van der Waals surface area contributed by atoms with Crippen LogP contribution in [0.4, 0.5) is 0 Å². The number of carbonyl (C=O) groups excluding carboxylic acids is 2. The molecule has 0 saturated heterocycles. The average molecular weight is 426 g/mol. The van der Waals surface area contributed by atoms with E-state index < -0.39 is 35.4 Å². The van der Waals surface area contributed by atoms with Crippen molar-refractivity contribution in [2.45, 2.75) is 59.4 Å². The third-order valence-corrected chi connectivity index (χ3v) is 5.38. The summed E-state index contributed by atoms with van der Waals surface area (Å²) in [5.74, 6) is -0.744. The fourth-order valence-electron chi connectivity index (χ4n) is 3.33. The van der Waals surface area contributed by atoms with E-state index in [1.165, 1.54) is 6.07 Å². The van der Waals surface area contributed by atoms with E-state index in [4.69, 9.17) is 18.6 Å². The average Bonchev–Trinajstić information content (AvgIpc) is 2.73. The van der Waals surface area contributed by atoms with Gasteiger partial charge >= 0.3 is 17.6 Å². The minimum absolute atomic E-state index is 0.222. The van der Waals surface area contributed by atoms with E-state index in [0.29, 0.717) is 27.8 Å². The van der Waals surface area contributed by atoms with Gasteiger partial charge in [-0.15, -0.1) is 0 Å². The van der Waals surface area contributed by atoms with Crippen LogP contribution in [0.2, 0.25) is 0 Å². The summed E-state index contributed by atoms with van der Waals surface area (Å²) in [6.07, 6.45) is 1.21. The minimum Gasteiger partial charge on any atom is -0.483 e. The Morgan fingerprint density at radius 3 is 2.16 bits per heavy atom. The van der Waals surface area contributed by atoms with Gasteiger partial charge in [0, 0.05) is 22.6 Å². The molecule has 2 atom stereocenters. The number of benzene rings is 1. The van der Waals surface area contributed by atoms with Crippen molar-refractivity contribution >= 4 is 22.9 Å². The molecule has 0 unspecified atom stereocenters. The van der Waals surface area contributed by atoms with Crippen LogP contribution in [0, 0.1) is 0 Å². The Hall–Kier alpha value is -3.35. The topological polar surface area (TPSA) is 92.0 Å². The molecule has 2 aromatic rings. The highest BCUT2D eigenvalue weighted by Gasteiger charge is 2.50. The summed E-state index contributed by atoms with van der Waals surface area (Å²) < 4.78 is 23.2. The Bertz CT molecular complexity index is 1150. The molecule has 0 fully saturated rings. The maximum Gasteiger partial charge on any atom is 0.336 e. The predicted octanol–water partition coefficient (Wildman–Crippen LogP) is 4.39. The summed E-state index contributed by atoms with van der Waals surface area (Å²) >= 11 is 0. The molecular formula is C24H26O7. The second kappa shape index (κ2) is 8.41. The lowest BCUT2D eigenvalue weighted by atomic mass is 9.87. The van der Waals surface area contributed by atoms with Crippen molar-refractivity contribution < 1.29 is 28.2 Å². The molecule has 7 heteroatoms. The Labute approximate surface area is 180 Å². The second-order valence-corrected chi connectivity index (χ2v) is 7.95. The van der Waals surface area contributed by atoms with Crippen LogP contribution in [0.3, 0.4) is 0 Å². The summed E-state index contributed by atoms with van der Waals surface area (Å²) in [5, 5.41) is 0.625. The summed E-state index contributed by atoms with van der Waals surface area (Å²) in [6.45, 7) is 10.2. The van der Waals surface area contributed by atoms with Gasteiger partial charge in [0.15, 0.2) is 12.2 Å². The number of ether oxygens (including phenoxy) is 3. The number of carbonyl (C=O) groups is 2. The van der Waals surface area contributed by atoms with E-state index in [1.54, 1.807) is 71.9 Å². The SMILES string of the molecule is C/C=C(/C)C(=O)O[C@H]1[C@H](OC(=O)/C(C)=C/C)c2c(ccc3ccc(=O)oc23)OC1(C)C. The number of fused-ring (bicyclic) bond motifs is 3. The summed E-state index contributed by atoms with van der Waals surface area (Å²) in [4.78, 5) is 37.3. The van der Waals surface area contributed by atoms with Crippen LogP contribution < -0.4 is 10.4 Å². The van der Waals surface area contributed by atoms with E-state index in [2.05, 4.69) is 0 Å². The Morgan fingerprint density at radius 2 is 1.55 bits per heavy atom. The maximum absolute atomic E-state index is 12.7. The molecule has 1 aliphatic heterocycles. The van der Waals surface area contributed by atoms with Crippen molar-refractivity contribution in [3.63, 3.8) is 0 Å². The van der Waals surface area contributed by atoms with Crippen LogP contribution in [0.1, 0.15) is 53.2 Å². The van der Waals surface area contributed by atoms with Gasteiger partial charge in [-0.1, -0.05) is 12.2 Å². The molecule has 164 valence electrons. The molecule has 0 spiro atoms. The lowest BCUT2D eigenvalue weighted by Crippen LogP contribution is -2.52. The number of hydrogen-bond acceptors (Lipinski definition) is 7. The summed E-state index contributed by atoms with van der Waals surface area (Å²) in [6, 6.07) is 6.39. The minimum atomic E-state index is -1.05. The molecule has 0 aliphatic carbocycles. The smallest absolute Gasteiger partial charge is 0.336 e. The highest BCUT2D eigenvalue weighted by molar-refractivity contribution is 5.90. The summed E-state index contributed by atoms with van der Waals surface area (Å²) in [5.41, 5.74) is -0.224. The maximum atomic E-state index is 12.7. The van der Waals surface area contributed by atoms with Crippen molar-refractivity contribution in [2.24, 2.45) is 0 Å². The van der Waals surface area contributed by atoms with Crippen molar-refractivity contribution in [1.82, 2.24) is 0 Å². The van der Waals surface area contributed by atoms with Gasteiger partial charge in [0.2, 0.25) is 0 Å². The van der Waals surface area contributed by atoms with Gasteiger partial charge in [-0.05, 0) is 59.7 Å². The first-order valence-corrected chi connectivity index (χ1v) is 10.0. The highest BCUT2D eigenvalue weighted by atomic mass is 16.6. The zero-order valence-corrected chi connectivity index (χ0v) is 18.5.